The summed E-state index contributed by atoms with van der Waals surface area (Å²) < 4.78 is 0. The zero-order chi connectivity index (χ0) is 13.4. The first-order chi connectivity index (χ1) is 9.13. The third-order valence-electron chi connectivity index (χ3n) is 2.93. The molecule has 0 aliphatic carbocycles. The maximum absolute atomic E-state index is 12.1. The highest BCUT2D eigenvalue weighted by Crippen LogP contribution is 2.22. The lowest BCUT2D eigenvalue weighted by atomic mass is 10.1. The first-order valence-electron chi connectivity index (χ1n) is 5.72. The Kier molecular flexibility index (Phi) is 3.05. The first-order valence-corrected chi connectivity index (χ1v) is 6.47. The number of pyridine rings is 1. The fraction of sp³-hybridized carbons (Fsp3) is 0. The summed E-state index contributed by atoms with van der Waals surface area (Å²) in [5, 5.41) is 1.77. The molecule has 0 aliphatic heterocycles. The maximum atomic E-state index is 12.1. The molecule has 0 amide bonds. The SMILES string of the molecule is O=c1cc(-c2cccc(Cl)c2)[nH]c2ccc(Cl)cc12. The normalized spacial score (nSPS) is 10.8. The summed E-state index contributed by atoms with van der Waals surface area (Å²) in [6, 6.07) is 14.1. The van der Waals surface area contributed by atoms with E-state index in [1.165, 1.54) is 0 Å². The van der Waals surface area contributed by atoms with E-state index >= 15 is 0 Å². The van der Waals surface area contributed by atoms with Crippen molar-refractivity contribution in [2.24, 2.45) is 0 Å². The van der Waals surface area contributed by atoms with Gasteiger partial charge in [-0.2, -0.15) is 0 Å². The molecule has 2 aromatic carbocycles. The van der Waals surface area contributed by atoms with Crippen molar-refractivity contribution in [3.63, 3.8) is 0 Å². The molecule has 0 aliphatic rings. The van der Waals surface area contributed by atoms with Gasteiger partial charge < -0.3 is 4.98 Å². The number of benzene rings is 2. The Labute approximate surface area is 119 Å². The summed E-state index contributed by atoms with van der Waals surface area (Å²) in [5.74, 6) is 0. The quantitative estimate of drug-likeness (QED) is 0.703. The second-order valence-corrected chi connectivity index (χ2v) is 5.12. The number of nitrogens with one attached hydrogen (secondary N) is 1. The zero-order valence-corrected chi connectivity index (χ0v) is 11.3. The van der Waals surface area contributed by atoms with E-state index in [4.69, 9.17) is 23.2 Å². The minimum atomic E-state index is -0.0637. The Morgan fingerprint density at radius 3 is 2.47 bits per heavy atom. The van der Waals surface area contributed by atoms with Crippen LogP contribution in [0.2, 0.25) is 10.0 Å². The van der Waals surface area contributed by atoms with Crippen LogP contribution >= 0.6 is 23.2 Å². The van der Waals surface area contributed by atoms with Gasteiger partial charge in [-0.25, -0.2) is 0 Å². The molecular formula is C15H9Cl2NO. The molecule has 3 rings (SSSR count). The average molecular weight is 290 g/mol. The van der Waals surface area contributed by atoms with Crippen LogP contribution in [0.5, 0.6) is 0 Å². The monoisotopic (exact) mass is 289 g/mol. The number of H-pyrrole nitrogens is 1. The molecule has 0 fully saturated rings. The van der Waals surface area contributed by atoms with Gasteiger partial charge in [-0.15, -0.1) is 0 Å². The summed E-state index contributed by atoms with van der Waals surface area (Å²) in [5.41, 5.74) is 2.31. The van der Waals surface area contributed by atoms with Crippen molar-refractivity contribution in [2.45, 2.75) is 0 Å². The second kappa shape index (κ2) is 4.72. The molecule has 0 bridgehead atoms. The predicted octanol–water partition coefficient (Wildman–Crippen LogP) is 4.50. The fourth-order valence-corrected chi connectivity index (χ4v) is 2.39. The maximum Gasteiger partial charge on any atom is 0.190 e. The Hall–Kier alpha value is -1.77. The van der Waals surface area contributed by atoms with Gasteiger partial charge >= 0.3 is 0 Å². The molecule has 0 radical (unpaired) electrons. The van der Waals surface area contributed by atoms with Crippen LogP contribution in [-0.2, 0) is 0 Å². The van der Waals surface area contributed by atoms with Gasteiger partial charge in [0.05, 0.1) is 0 Å². The van der Waals surface area contributed by atoms with E-state index in [9.17, 15) is 4.79 Å². The molecular weight excluding hydrogens is 281 g/mol. The summed E-state index contributed by atoms with van der Waals surface area (Å²) in [6.07, 6.45) is 0. The van der Waals surface area contributed by atoms with E-state index in [-0.39, 0.29) is 5.43 Å². The van der Waals surface area contributed by atoms with E-state index in [0.717, 1.165) is 16.8 Å². The van der Waals surface area contributed by atoms with Crippen molar-refractivity contribution in [3.05, 3.63) is 68.8 Å². The molecule has 94 valence electrons. The molecule has 2 nitrogen and oxygen atoms in total. The third kappa shape index (κ3) is 2.37. The molecule has 1 N–H and O–H groups in total. The van der Waals surface area contributed by atoms with Crippen molar-refractivity contribution < 1.29 is 0 Å². The molecule has 0 atom stereocenters. The highest BCUT2D eigenvalue weighted by molar-refractivity contribution is 6.31. The van der Waals surface area contributed by atoms with Gasteiger partial charge in [-0.3, -0.25) is 4.79 Å². The standard InChI is InChI=1S/C15H9Cl2NO/c16-10-3-1-2-9(6-10)14-8-15(19)12-7-11(17)4-5-13(12)18-14/h1-8H,(H,18,19). The largest absolute Gasteiger partial charge is 0.354 e. The third-order valence-corrected chi connectivity index (χ3v) is 3.40. The average Bonchev–Trinajstić information content (AvgIpc) is 2.39. The lowest BCUT2D eigenvalue weighted by Gasteiger charge is -2.05. The van der Waals surface area contributed by atoms with Crippen molar-refractivity contribution in [1.29, 1.82) is 0 Å². The van der Waals surface area contributed by atoms with E-state index < -0.39 is 0 Å². The van der Waals surface area contributed by atoms with E-state index in [0.29, 0.717) is 15.4 Å². The Morgan fingerprint density at radius 1 is 0.895 bits per heavy atom. The van der Waals surface area contributed by atoms with Gasteiger partial charge in [0.25, 0.3) is 0 Å². The van der Waals surface area contributed by atoms with Crippen LogP contribution in [0.15, 0.2) is 53.3 Å². The lowest BCUT2D eigenvalue weighted by molar-refractivity contribution is 1.38. The number of aromatic nitrogens is 1. The summed E-state index contributed by atoms with van der Waals surface area (Å²) >= 11 is 11.9. The molecule has 3 aromatic rings. The Morgan fingerprint density at radius 2 is 1.68 bits per heavy atom. The number of hydrogen-bond acceptors (Lipinski definition) is 1. The van der Waals surface area contributed by atoms with Crippen LogP contribution in [-0.4, -0.2) is 4.98 Å². The van der Waals surface area contributed by atoms with Gasteiger partial charge in [-0.1, -0.05) is 35.3 Å². The van der Waals surface area contributed by atoms with Crippen molar-refractivity contribution in [1.82, 2.24) is 4.98 Å². The van der Waals surface area contributed by atoms with Crippen molar-refractivity contribution in [2.75, 3.05) is 0 Å². The van der Waals surface area contributed by atoms with Crippen molar-refractivity contribution in [3.8, 4) is 11.3 Å². The van der Waals surface area contributed by atoms with Crippen LogP contribution in [0.1, 0.15) is 0 Å². The van der Waals surface area contributed by atoms with Crippen LogP contribution in [0.25, 0.3) is 22.2 Å². The highest BCUT2D eigenvalue weighted by atomic mass is 35.5. The zero-order valence-electron chi connectivity index (χ0n) is 9.78. The summed E-state index contributed by atoms with van der Waals surface area (Å²) in [7, 11) is 0. The van der Waals surface area contributed by atoms with Gasteiger partial charge in [0.2, 0.25) is 0 Å². The molecule has 19 heavy (non-hydrogen) atoms. The molecule has 1 heterocycles. The second-order valence-electron chi connectivity index (χ2n) is 4.25. The van der Waals surface area contributed by atoms with Gasteiger partial charge in [0.15, 0.2) is 5.43 Å². The molecule has 0 unspecified atom stereocenters. The van der Waals surface area contributed by atoms with E-state index in [2.05, 4.69) is 4.98 Å². The minimum absolute atomic E-state index is 0.0637. The topological polar surface area (TPSA) is 32.9 Å². The molecule has 1 aromatic heterocycles. The number of rotatable bonds is 1. The minimum Gasteiger partial charge on any atom is -0.354 e. The molecule has 0 saturated heterocycles. The van der Waals surface area contributed by atoms with Crippen LogP contribution < -0.4 is 5.43 Å². The Balaban J connectivity index is 2.27. The summed E-state index contributed by atoms with van der Waals surface area (Å²) in [6.45, 7) is 0. The Bertz CT molecular complexity index is 824. The number of aromatic amines is 1. The predicted molar refractivity (Wildman–Crippen MR) is 80.0 cm³/mol. The number of fused-ring (bicyclic) bond motifs is 1. The van der Waals surface area contributed by atoms with Gasteiger partial charge in [-0.05, 0) is 35.9 Å². The van der Waals surface area contributed by atoms with E-state index in [1.807, 2.05) is 18.2 Å². The van der Waals surface area contributed by atoms with Crippen molar-refractivity contribution >= 4 is 34.1 Å². The van der Waals surface area contributed by atoms with E-state index in [1.54, 1.807) is 30.3 Å². The van der Waals surface area contributed by atoms with Gasteiger partial charge in [0.1, 0.15) is 0 Å². The highest BCUT2D eigenvalue weighted by Gasteiger charge is 2.05. The first kappa shape index (κ1) is 12.3. The van der Waals surface area contributed by atoms with Crippen LogP contribution in [0.4, 0.5) is 0 Å². The fourth-order valence-electron chi connectivity index (χ4n) is 2.03. The number of hydrogen-bond donors (Lipinski definition) is 1. The molecule has 0 saturated carbocycles. The van der Waals surface area contributed by atoms with Crippen LogP contribution in [0.3, 0.4) is 0 Å². The molecule has 4 heteroatoms. The molecule has 0 spiro atoms. The smallest absolute Gasteiger partial charge is 0.190 e. The number of halogens is 2. The summed E-state index contributed by atoms with van der Waals surface area (Å²) in [4.78, 5) is 15.3. The lowest BCUT2D eigenvalue weighted by Crippen LogP contribution is -2.02. The van der Waals surface area contributed by atoms with Crippen LogP contribution in [0, 0.1) is 0 Å². The van der Waals surface area contributed by atoms with Gasteiger partial charge in [0, 0.05) is 32.7 Å².